The van der Waals surface area contributed by atoms with Gasteiger partial charge in [-0.15, -0.1) is 11.8 Å². The lowest BCUT2D eigenvalue weighted by Crippen LogP contribution is -2.45. The zero-order chi connectivity index (χ0) is 20.1. The van der Waals surface area contributed by atoms with Crippen molar-refractivity contribution >= 4 is 34.5 Å². The number of aliphatic carboxylic acids is 1. The van der Waals surface area contributed by atoms with Gasteiger partial charge in [0.2, 0.25) is 5.91 Å². The number of thioether (sulfide) groups is 1. The fourth-order valence-electron chi connectivity index (χ4n) is 3.17. The van der Waals surface area contributed by atoms with Crippen molar-refractivity contribution in [3.05, 3.63) is 30.0 Å². The zero-order valence-electron chi connectivity index (χ0n) is 16.7. The molecule has 0 bridgehead atoms. The van der Waals surface area contributed by atoms with Crippen LogP contribution in [0.4, 0.5) is 0 Å². The molecule has 2 rings (SSSR count). The van der Waals surface area contributed by atoms with Gasteiger partial charge in [0.15, 0.2) is 0 Å². The predicted molar refractivity (Wildman–Crippen MR) is 111 cm³/mol. The average Bonchev–Trinajstić information content (AvgIpc) is 2.97. The highest BCUT2D eigenvalue weighted by Crippen LogP contribution is 2.35. The van der Waals surface area contributed by atoms with Crippen LogP contribution >= 0.6 is 11.8 Å². The van der Waals surface area contributed by atoms with Crippen molar-refractivity contribution in [1.29, 1.82) is 0 Å². The van der Waals surface area contributed by atoms with Crippen molar-refractivity contribution in [2.75, 3.05) is 0 Å². The van der Waals surface area contributed by atoms with Crippen molar-refractivity contribution in [1.82, 2.24) is 10.3 Å². The van der Waals surface area contributed by atoms with Crippen molar-refractivity contribution in [2.24, 2.45) is 11.8 Å². The molecule has 2 atom stereocenters. The minimum atomic E-state index is -0.978. The van der Waals surface area contributed by atoms with E-state index in [9.17, 15) is 14.7 Å². The molecular weight excluding hydrogens is 360 g/mol. The number of benzene rings is 1. The Morgan fingerprint density at radius 3 is 2.41 bits per heavy atom. The minimum absolute atomic E-state index is 0.193. The first-order valence-electron chi connectivity index (χ1n) is 9.45. The molecule has 0 aliphatic carbocycles. The summed E-state index contributed by atoms with van der Waals surface area (Å²) in [5.74, 6) is -0.662. The Labute approximate surface area is 165 Å². The van der Waals surface area contributed by atoms with E-state index in [1.54, 1.807) is 0 Å². The van der Waals surface area contributed by atoms with Crippen LogP contribution in [0, 0.1) is 18.8 Å². The summed E-state index contributed by atoms with van der Waals surface area (Å²) in [6.45, 7) is 10.1. The molecule has 0 aliphatic rings. The van der Waals surface area contributed by atoms with E-state index in [1.807, 2.05) is 32.2 Å². The number of aromatic amines is 1. The van der Waals surface area contributed by atoms with Gasteiger partial charge in [-0.3, -0.25) is 4.79 Å². The Bertz CT molecular complexity index is 798. The van der Waals surface area contributed by atoms with Crippen LogP contribution in [0.3, 0.4) is 0 Å². The number of rotatable bonds is 9. The predicted octanol–water partition coefficient (Wildman–Crippen LogP) is 4.60. The van der Waals surface area contributed by atoms with Gasteiger partial charge in [0.1, 0.15) is 6.04 Å². The van der Waals surface area contributed by atoms with Crippen molar-refractivity contribution in [3.8, 4) is 0 Å². The lowest BCUT2D eigenvalue weighted by Gasteiger charge is -2.22. The molecule has 6 heteroatoms. The molecule has 0 radical (unpaired) electrons. The van der Waals surface area contributed by atoms with Gasteiger partial charge < -0.3 is 15.4 Å². The molecular formula is C21H30N2O3S. The van der Waals surface area contributed by atoms with Crippen LogP contribution in [0.1, 0.15) is 46.1 Å². The third kappa shape index (κ3) is 5.76. The third-order valence-electron chi connectivity index (χ3n) is 4.45. The summed E-state index contributed by atoms with van der Waals surface area (Å²) < 4.78 is 0. The van der Waals surface area contributed by atoms with E-state index in [0.717, 1.165) is 21.4 Å². The maximum Gasteiger partial charge on any atom is 0.326 e. The lowest BCUT2D eigenvalue weighted by atomic mass is 10.0. The highest BCUT2D eigenvalue weighted by atomic mass is 32.2. The Morgan fingerprint density at radius 2 is 1.81 bits per heavy atom. The highest BCUT2D eigenvalue weighted by Gasteiger charge is 2.28. The minimum Gasteiger partial charge on any atom is -0.480 e. The molecule has 1 heterocycles. The second kappa shape index (κ2) is 9.31. The smallest absolute Gasteiger partial charge is 0.326 e. The Balaban J connectivity index is 2.23. The molecule has 5 nitrogen and oxygen atoms in total. The summed E-state index contributed by atoms with van der Waals surface area (Å²) >= 11 is 1.51. The number of aryl methyl sites for hydroxylation is 1. The average molecular weight is 391 g/mol. The molecule has 0 spiro atoms. The van der Waals surface area contributed by atoms with Crippen LogP contribution in [0.25, 0.3) is 10.9 Å². The third-order valence-corrected chi connectivity index (χ3v) is 5.71. The summed E-state index contributed by atoms with van der Waals surface area (Å²) in [6.07, 6.45) is 3.04. The standard InChI is InChI=1S/C21H30N2O3S/c1-12(2)9-16(21(25)26)23-20(24)17(10-13(3)4)27-18-11-22-15-8-6-7-14(5)19(15)18/h6-8,11-13,16-17,22H,9-10H2,1-5H3,(H,23,24)(H,25,26). The van der Waals surface area contributed by atoms with Crippen LogP contribution in [-0.2, 0) is 9.59 Å². The van der Waals surface area contributed by atoms with Crippen molar-refractivity contribution in [2.45, 2.75) is 63.6 Å². The van der Waals surface area contributed by atoms with Crippen LogP contribution in [0.2, 0.25) is 0 Å². The summed E-state index contributed by atoms with van der Waals surface area (Å²) in [7, 11) is 0. The van der Waals surface area contributed by atoms with E-state index in [1.165, 1.54) is 11.8 Å². The second-order valence-electron chi connectivity index (χ2n) is 7.92. The Kier molecular flexibility index (Phi) is 7.36. The first kappa shape index (κ1) is 21.4. The van der Waals surface area contributed by atoms with E-state index < -0.39 is 12.0 Å². The van der Waals surface area contributed by atoms with Gasteiger partial charge >= 0.3 is 5.97 Å². The molecule has 1 aromatic heterocycles. The van der Waals surface area contributed by atoms with E-state index >= 15 is 0 Å². The fraction of sp³-hybridized carbons (Fsp3) is 0.524. The normalized spacial score (nSPS) is 13.9. The van der Waals surface area contributed by atoms with Gasteiger partial charge in [-0.1, -0.05) is 39.8 Å². The van der Waals surface area contributed by atoms with Gasteiger partial charge in [0, 0.05) is 22.0 Å². The Morgan fingerprint density at radius 1 is 1.15 bits per heavy atom. The number of aromatic nitrogens is 1. The number of fused-ring (bicyclic) bond motifs is 1. The van der Waals surface area contributed by atoms with E-state index in [-0.39, 0.29) is 17.1 Å². The molecule has 148 valence electrons. The number of H-pyrrole nitrogens is 1. The largest absolute Gasteiger partial charge is 0.480 e. The van der Waals surface area contributed by atoms with Crippen molar-refractivity contribution in [3.63, 3.8) is 0 Å². The molecule has 0 saturated heterocycles. The number of hydrogen-bond acceptors (Lipinski definition) is 3. The van der Waals surface area contributed by atoms with E-state index in [0.29, 0.717) is 18.8 Å². The van der Waals surface area contributed by atoms with Crippen LogP contribution in [-0.4, -0.2) is 33.3 Å². The highest BCUT2D eigenvalue weighted by molar-refractivity contribution is 8.00. The van der Waals surface area contributed by atoms with E-state index in [4.69, 9.17) is 0 Å². The van der Waals surface area contributed by atoms with Crippen LogP contribution in [0.15, 0.2) is 29.3 Å². The number of nitrogens with one attached hydrogen (secondary N) is 2. The summed E-state index contributed by atoms with van der Waals surface area (Å²) in [5.41, 5.74) is 2.20. The first-order valence-corrected chi connectivity index (χ1v) is 10.3. The Hall–Kier alpha value is -1.95. The summed E-state index contributed by atoms with van der Waals surface area (Å²) in [5, 5.41) is 13.0. The van der Waals surface area contributed by atoms with Gasteiger partial charge in [-0.25, -0.2) is 4.79 Å². The number of amides is 1. The molecule has 2 aromatic rings. The number of hydrogen-bond donors (Lipinski definition) is 3. The summed E-state index contributed by atoms with van der Waals surface area (Å²) in [6, 6.07) is 5.23. The molecule has 2 unspecified atom stereocenters. The molecule has 0 saturated carbocycles. The monoisotopic (exact) mass is 390 g/mol. The molecule has 0 aliphatic heterocycles. The second-order valence-corrected chi connectivity index (χ2v) is 9.16. The fourth-order valence-corrected chi connectivity index (χ4v) is 4.65. The first-order chi connectivity index (χ1) is 12.7. The number of carboxylic acids is 1. The van der Waals surface area contributed by atoms with Gasteiger partial charge in [-0.05, 0) is 43.2 Å². The van der Waals surface area contributed by atoms with E-state index in [2.05, 4.69) is 37.1 Å². The molecule has 1 aromatic carbocycles. The SMILES string of the molecule is Cc1cccc2[nH]cc(SC(CC(C)C)C(=O)NC(CC(C)C)C(=O)O)c12. The maximum atomic E-state index is 12.9. The van der Waals surface area contributed by atoms with Crippen LogP contribution in [0.5, 0.6) is 0 Å². The van der Waals surface area contributed by atoms with Gasteiger partial charge in [-0.2, -0.15) is 0 Å². The maximum absolute atomic E-state index is 12.9. The molecule has 27 heavy (non-hydrogen) atoms. The van der Waals surface area contributed by atoms with Gasteiger partial charge in [0.05, 0.1) is 5.25 Å². The number of carbonyl (C=O) groups excluding carboxylic acids is 1. The zero-order valence-corrected chi connectivity index (χ0v) is 17.5. The quantitative estimate of drug-likeness (QED) is 0.547. The number of carbonyl (C=O) groups is 2. The molecule has 3 N–H and O–H groups in total. The van der Waals surface area contributed by atoms with Gasteiger partial charge in [0.25, 0.3) is 0 Å². The topological polar surface area (TPSA) is 82.2 Å². The lowest BCUT2D eigenvalue weighted by molar-refractivity contribution is -0.142. The molecule has 1 amide bonds. The summed E-state index contributed by atoms with van der Waals surface area (Å²) in [4.78, 5) is 28.7. The van der Waals surface area contributed by atoms with Crippen LogP contribution < -0.4 is 5.32 Å². The molecule has 0 fully saturated rings. The number of carboxylic acid groups (broad SMARTS) is 1. The van der Waals surface area contributed by atoms with Crippen molar-refractivity contribution < 1.29 is 14.7 Å².